The van der Waals surface area contributed by atoms with Crippen LogP contribution in [-0.4, -0.2) is 27.5 Å². The second-order valence-corrected chi connectivity index (χ2v) is 5.86. The van der Waals surface area contributed by atoms with Crippen molar-refractivity contribution in [2.45, 2.75) is 20.0 Å². The van der Waals surface area contributed by atoms with Crippen LogP contribution in [0.3, 0.4) is 0 Å². The van der Waals surface area contributed by atoms with Gasteiger partial charge in [-0.05, 0) is 35.7 Å². The summed E-state index contributed by atoms with van der Waals surface area (Å²) in [4.78, 5) is 12.6. The lowest BCUT2D eigenvalue weighted by Gasteiger charge is -2.12. The van der Waals surface area contributed by atoms with E-state index in [-0.39, 0.29) is 29.8 Å². The molecule has 2 heterocycles. The number of imidazole rings is 1. The van der Waals surface area contributed by atoms with Crippen LogP contribution in [0.15, 0.2) is 60.2 Å². The summed E-state index contributed by atoms with van der Waals surface area (Å²) < 4.78 is 15.4. The zero-order chi connectivity index (χ0) is 18.4. The van der Waals surface area contributed by atoms with E-state index in [0.717, 1.165) is 16.9 Å². The number of hydrogen-bond acceptors (Lipinski definition) is 3. The van der Waals surface area contributed by atoms with Crippen LogP contribution < -0.4 is 10.6 Å². The normalized spacial score (nSPS) is 11.0. The summed E-state index contributed by atoms with van der Waals surface area (Å²) in [5.74, 6) is 1.26. The van der Waals surface area contributed by atoms with E-state index >= 15 is 0 Å². The minimum absolute atomic E-state index is 0. The maximum Gasteiger partial charge on any atom is 0.191 e. The average molecular weight is 480 g/mol. The molecule has 0 radical (unpaired) electrons. The number of aromatic nitrogens is 3. The van der Waals surface area contributed by atoms with Crippen molar-refractivity contribution in [3.05, 3.63) is 77.8 Å². The topological polar surface area (TPSA) is 67.1 Å². The molecule has 0 aliphatic rings. The highest BCUT2D eigenvalue weighted by molar-refractivity contribution is 14.0. The first kappa shape index (κ1) is 20.8. The molecule has 6 nitrogen and oxygen atoms in total. The molecule has 3 aromatic rings. The van der Waals surface area contributed by atoms with Crippen LogP contribution in [0.5, 0.6) is 0 Å². The predicted molar refractivity (Wildman–Crippen MR) is 115 cm³/mol. The van der Waals surface area contributed by atoms with Crippen LogP contribution in [0.2, 0.25) is 0 Å². The molecule has 0 amide bonds. The third kappa shape index (κ3) is 5.75. The molecule has 0 atom stereocenters. The minimum Gasteiger partial charge on any atom is -0.352 e. The Hall–Kier alpha value is -2.49. The van der Waals surface area contributed by atoms with Gasteiger partial charge in [-0.1, -0.05) is 18.2 Å². The molecule has 0 bridgehead atoms. The summed E-state index contributed by atoms with van der Waals surface area (Å²) in [5.41, 5.74) is 2.53. The number of guanidine groups is 1. The Morgan fingerprint density at radius 1 is 1.15 bits per heavy atom. The number of rotatable bonds is 5. The van der Waals surface area contributed by atoms with Crippen LogP contribution in [0, 0.1) is 12.7 Å². The number of halogens is 2. The molecule has 0 fully saturated rings. The molecule has 0 aliphatic carbocycles. The Labute approximate surface area is 175 Å². The molecular weight excluding hydrogens is 458 g/mol. The van der Waals surface area contributed by atoms with E-state index in [1.54, 1.807) is 32.6 Å². The van der Waals surface area contributed by atoms with Crippen molar-refractivity contribution in [3.8, 4) is 5.82 Å². The maximum absolute atomic E-state index is 13.6. The summed E-state index contributed by atoms with van der Waals surface area (Å²) in [5, 5.41) is 6.40. The number of aryl methyl sites for hydroxylation is 1. The average Bonchev–Trinajstić information content (AvgIpc) is 3.20. The number of nitrogens with one attached hydrogen (secondary N) is 2. The highest BCUT2D eigenvalue weighted by atomic mass is 127. The van der Waals surface area contributed by atoms with Crippen molar-refractivity contribution < 1.29 is 4.39 Å². The molecule has 8 heteroatoms. The van der Waals surface area contributed by atoms with Gasteiger partial charge in [0.05, 0.1) is 0 Å². The van der Waals surface area contributed by atoms with E-state index < -0.39 is 0 Å². The van der Waals surface area contributed by atoms with Crippen LogP contribution >= 0.6 is 24.0 Å². The minimum atomic E-state index is -0.198. The Kier molecular flexibility index (Phi) is 7.71. The molecule has 0 spiro atoms. The van der Waals surface area contributed by atoms with Gasteiger partial charge in [0.2, 0.25) is 0 Å². The van der Waals surface area contributed by atoms with Crippen molar-refractivity contribution >= 4 is 29.9 Å². The van der Waals surface area contributed by atoms with Gasteiger partial charge in [0.25, 0.3) is 0 Å². The van der Waals surface area contributed by atoms with E-state index in [1.807, 2.05) is 35.2 Å². The highest BCUT2D eigenvalue weighted by Gasteiger charge is 2.03. The van der Waals surface area contributed by atoms with Crippen molar-refractivity contribution in [2.75, 3.05) is 7.05 Å². The first-order chi connectivity index (χ1) is 12.7. The second-order valence-electron chi connectivity index (χ2n) is 5.86. The largest absolute Gasteiger partial charge is 0.352 e. The lowest BCUT2D eigenvalue weighted by Crippen LogP contribution is -2.36. The zero-order valence-corrected chi connectivity index (χ0v) is 17.5. The molecule has 3 rings (SSSR count). The summed E-state index contributed by atoms with van der Waals surface area (Å²) in [6, 6.07) is 9.14. The van der Waals surface area contributed by atoms with E-state index in [9.17, 15) is 4.39 Å². The zero-order valence-electron chi connectivity index (χ0n) is 15.2. The Balaban J connectivity index is 0.00000261. The van der Waals surface area contributed by atoms with Crippen LogP contribution in [-0.2, 0) is 13.1 Å². The van der Waals surface area contributed by atoms with Crippen molar-refractivity contribution in [1.29, 1.82) is 0 Å². The number of pyridine rings is 1. The van der Waals surface area contributed by atoms with Gasteiger partial charge in [0, 0.05) is 38.7 Å². The molecule has 0 aliphatic heterocycles. The Morgan fingerprint density at radius 3 is 2.48 bits per heavy atom. The van der Waals surface area contributed by atoms with Crippen LogP contribution in [0.4, 0.5) is 4.39 Å². The van der Waals surface area contributed by atoms with Gasteiger partial charge >= 0.3 is 0 Å². The fourth-order valence-electron chi connectivity index (χ4n) is 2.41. The molecule has 27 heavy (non-hydrogen) atoms. The summed E-state index contributed by atoms with van der Waals surface area (Å²) in [7, 11) is 1.70. The van der Waals surface area contributed by atoms with Gasteiger partial charge in [-0.2, -0.15) is 0 Å². The molecule has 142 valence electrons. The fraction of sp³-hybridized carbons (Fsp3) is 0.211. The number of hydrogen-bond donors (Lipinski definition) is 2. The Bertz CT molecular complexity index is 878. The lowest BCUT2D eigenvalue weighted by atomic mass is 10.1. The number of benzene rings is 1. The number of aliphatic imine (C=N–C) groups is 1. The fourth-order valence-corrected chi connectivity index (χ4v) is 2.41. The lowest BCUT2D eigenvalue weighted by molar-refractivity contribution is 0.615. The van der Waals surface area contributed by atoms with Gasteiger partial charge < -0.3 is 10.6 Å². The first-order valence-electron chi connectivity index (χ1n) is 8.28. The summed E-state index contributed by atoms with van der Waals surface area (Å²) >= 11 is 0. The van der Waals surface area contributed by atoms with Gasteiger partial charge in [0.1, 0.15) is 18.0 Å². The van der Waals surface area contributed by atoms with Gasteiger partial charge in [-0.25, -0.2) is 14.4 Å². The molecule has 1 aromatic carbocycles. The number of nitrogens with zero attached hydrogens (tertiary/aromatic N) is 4. The van der Waals surface area contributed by atoms with E-state index in [0.29, 0.717) is 24.6 Å². The van der Waals surface area contributed by atoms with Gasteiger partial charge in [-0.3, -0.25) is 9.56 Å². The Morgan fingerprint density at radius 2 is 1.89 bits per heavy atom. The molecule has 2 N–H and O–H groups in total. The smallest absolute Gasteiger partial charge is 0.191 e. The van der Waals surface area contributed by atoms with Gasteiger partial charge in [0.15, 0.2) is 5.96 Å². The molecular formula is C19H22FIN6. The maximum atomic E-state index is 13.6. The van der Waals surface area contributed by atoms with Crippen LogP contribution in [0.25, 0.3) is 5.82 Å². The molecule has 0 unspecified atom stereocenters. The van der Waals surface area contributed by atoms with E-state index in [4.69, 9.17) is 0 Å². The van der Waals surface area contributed by atoms with Crippen molar-refractivity contribution in [3.63, 3.8) is 0 Å². The third-order valence-corrected chi connectivity index (χ3v) is 3.96. The van der Waals surface area contributed by atoms with Gasteiger partial charge in [-0.15, -0.1) is 24.0 Å². The third-order valence-electron chi connectivity index (χ3n) is 3.96. The first-order valence-corrected chi connectivity index (χ1v) is 8.28. The monoisotopic (exact) mass is 480 g/mol. The quantitative estimate of drug-likeness (QED) is 0.335. The second kappa shape index (κ2) is 10.0. The summed E-state index contributed by atoms with van der Waals surface area (Å²) in [6.07, 6.45) is 7.08. The standard InChI is InChI=1S/C19H21FN6.HI/c1-14-3-4-15(9-17(14)20)10-24-19(21-2)25-12-16-5-6-18(23-11-16)26-8-7-22-13-26;/h3-9,11,13H,10,12H2,1-2H3,(H2,21,24,25);1H. The van der Waals surface area contributed by atoms with Crippen molar-refractivity contribution in [2.24, 2.45) is 4.99 Å². The molecule has 2 aromatic heterocycles. The predicted octanol–water partition coefficient (Wildman–Crippen LogP) is 3.20. The molecule has 0 saturated heterocycles. The highest BCUT2D eigenvalue weighted by Crippen LogP contribution is 2.09. The van der Waals surface area contributed by atoms with Crippen molar-refractivity contribution in [1.82, 2.24) is 25.2 Å². The summed E-state index contributed by atoms with van der Waals surface area (Å²) in [6.45, 7) is 2.83. The SMILES string of the molecule is CN=C(NCc1ccc(-n2ccnc2)nc1)NCc1ccc(C)c(F)c1.I. The van der Waals surface area contributed by atoms with E-state index in [2.05, 4.69) is 25.6 Å². The van der Waals surface area contributed by atoms with Crippen LogP contribution in [0.1, 0.15) is 16.7 Å². The molecule has 0 saturated carbocycles. The van der Waals surface area contributed by atoms with E-state index in [1.165, 1.54) is 6.07 Å².